The highest BCUT2D eigenvalue weighted by atomic mass is 35.5. The van der Waals surface area contributed by atoms with Crippen molar-refractivity contribution in [2.45, 2.75) is 6.42 Å². The Labute approximate surface area is 73.3 Å². The number of aromatic nitrogens is 1. The van der Waals surface area contributed by atoms with Gasteiger partial charge in [0.1, 0.15) is 5.02 Å². The van der Waals surface area contributed by atoms with E-state index in [2.05, 4.69) is 4.98 Å². The summed E-state index contributed by atoms with van der Waals surface area (Å²) < 4.78 is 18.1. The zero-order chi connectivity index (χ0) is 8.72. The van der Waals surface area contributed by atoms with Gasteiger partial charge in [-0.1, -0.05) is 11.6 Å². The van der Waals surface area contributed by atoms with Crippen LogP contribution in [0.15, 0.2) is 0 Å². The first-order valence-electron chi connectivity index (χ1n) is 3.46. The van der Waals surface area contributed by atoms with Crippen LogP contribution < -0.4 is 10.5 Å². The summed E-state index contributed by atoms with van der Waals surface area (Å²) in [4.78, 5) is 3.81. The van der Waals surface area contributed by atoms with Gasteiger partial charge in [0.2, 0.25) is 0 Å². The van der Waals surface area contributed by atoms with E-state index in [9.17, 15) is 4.39 Å². The number of rotatable bonds is 0. The molecule has 0 amide bonds. The number of hydrogen-bond donors (Lipinski definition) is 1. The zero-order valence-electron chi connectivity index (χ0n) is 6.10. The Morgan fingerprint density at radius 2 is 2.33 bits per heavy atom. The fourth-order valence-electron chi connectivity index (χ4n) is 1.15. The maximum absolute atomic E-state index is 13.0. The molecule has 2 heterocycles. The number of nitrogen functional groups attached to an aromatic ring is 1. The number of nitrogens with zero attached hydrogens (tertiary/aromatic N) is 1. The van der Waals surface area contributed by atoms with E-state index in [4.69, 9.17) is 22.1 Å². The molecule has 2 rings (SSSR count). The van der Waals surface area contributed by atoms with Gasteiger partial charge in [-0.3, -0.25) is 0 Å². The first kappa shape index (κ1) is 7.61. The van der Waals surface area contributed by atoms with Crippen LogP contribution in [0.5, 0.6) is 5.75 Å². The van der Waals surface area contributed by atoms with Gasteiger partial charge in [-0.25, -0.2) is 9.37 Å². The van der Waals surface area contributed by atoms with Crippen molar-refractivity contribution in [3.05, 3.63) is 16.5 Å². The van der Waals surface area contributed by atoms with Gasteiger partial charge in [0.15, 0.2) is 17.4 Å². The largest absolute Gasteiger partial charge is 0.490 e. The summed E-state index contributed by atoms with van der Waals surface area (Å²) in [6.07, 6.45) is 0.638. The van der Waals surface area contributed by atoms with Gasteiger partial charge < -0.3 is 10.5 Å². The highest BCUT2D eigenvalue weighted by Gasteiger charge is 2.22. The molecule has 1 aromatic rings. The van der Waals surface area contributed by atoms with E-state index < -0.39 is 5.82 Å². The molecule has 5 heteroatoms. The van der Waals surface area contributed by atoms with Crippen molar-refractivity contribution < 1.29 is 9.13 Å². The molecule has 2 N–H and O–H groups in total. The normalized spacial score (nSPS) is 14.2. The average Bonchev–Trinajstić information content (AvgIpc) is 2.48. The SMILES string of the molecule is Nc1nc2c(c(Cl)c1F)OCC2. The Hall–Kier alpha value is -1.03. The maximum Gasteiger partial charge on any atom is 0.187 e. The molecule has 0 saturated heterocycles. The summed E-state index contributed by atoms with van der Waals surface area (Å²) in [6, 6.07) is 0. The second-order valence-electron chi connectivity index (χ2n) is 2.50. The van der Waals surface area contributed by atoms with Crippen LogP contribution in [0, 0.1) is 5.82 Å². The standard InChI is InChI=1S/C7H6ClFN2O/c8-4-5(9)7(10)11-3-1-2-12-6(3)4/h1-2H2,(H2,10,11). The molecule has 0 aliphatic carbocycles. The summed E-state index contributed by atoms with van der Waals surface area (Å²) in [6.45, 7) is 0.491. The molecule has 1 aromatic heterocycles. The van der Waals surface area contributed by atoms with Gasteiger partial charge in [0.25, 0.3) is 0 Å². The highest BCUT2D eigenvalue weighted by molar-refractivity contribution is 6.32. The third-order valence-corrected chi connectivity index (χ3v) is 2.06. The molecule has 1 aliphatic heterocycles. The Morgan fingerprint density at radius 3 is 3.08 bits per heavy atom. The predicted octanol–water partition coefficient (Wildman–Crippen LogP) is 1.39. The minimum atomic E-state index is -0.697. The molecule has 1 aliphatic rings. The van der Waals surface area contributed by atoms with E-state index in [1.165, 1.54) is 0 Å². The minimum Gasteiger partial charge on any atom is -0.490 e. The molecule has 0 spiro atoms. The van der Waals surface area contributed by atoms with E-state index in [1.807, 2.05) is 0 Å². The van der Waals surface area contributed by atoms with Gasteiger partial charge in [-0.05, 0) is 0 Å². The van der Waals surface area contributed by atoms with Crippen molar-refractivity contribution >= 4 is 17.4 Å². The lowest BCUT2D eigenvalue weighted by atomic mass is 10.3. The molecule has 0 bridgehead atoms. The van der Waals surface area contributed by atoms with Gasteiger partial charge >= 0.3 is 0 Å². The fraction of sp³-hybridized carbons (Fsp3) is 0.286. The lowest BCUT2D eigenvalue weighted by molar-refractivity contribution is 0.355. The highest BCUT2D eigenvalue weighted by Crippen LogP contribution is 2.35. The summed E-state index contributed by atoms with van der Waals surface area (Å²) >= 11 is 5.62. The molecule has 12 heavy (non-hydrogen) atoms. The Morgan fingerprint density at radius 1 is 1.58 bits per heavy atom. The summed E-state index contributed by atoms with van der Waals surface area (Å²) in [5.74, 6) is -0.523. The summed E-state index contributed by atoms with van der Waals surface area (Å²) in [5, 5.41) is -0.0602. The zero-order valence-corrected chi connectivity index (χ0v) is 6.86. The van der Waals surface area contributed by atoms with Crippen LogP contribution in [0.4, 0.5) is 10.2 Å². The van der Waals surface area contributed by atoms with Crippen LogP contribution in [-0.4, -0.2) is 11.6 Å². The minimum absolute atomic E-state index is 0.0602. The number of ether oxygens (including phenoxy) is 1. The van der Waals surface area contributed by atoms with E-state index in [0.29, 0.717) is 24.5 Å². The molecular weight excluding hydrogens is 183 g/mol. The van der Waals surface area contributed by atoms with Crippen molar-refractivity contribution in [1.29, 1.82) is 0 Å². The first-order valence-corrected chi connectivity index (χ1v) is 3.84. The van der Waals surface area contributed by atoms with Gasteiger partial charge in [0.05, 0.1) is 12.3 Å². The Bertz CT molecular complexity index is 343. The number of hydrogen-bond acceptors (Lipinski definition) is 3. The van der Waals surface area contributed by atoms with Crippen LogP contribution in [0.3, 0.4) is 0 Å². The van der Waals surface area contributed by atoms with E-state index in [0.717, 1.165) is 0 Å². The molecule has 64 valence electrons. The molecule has 0 radical (unpaired) electrons. The fourth-order valence-corrected chi connectivity index (χ4v) is 1.41. The number of halogens is 2. The molecule has 3 nitrogen and oxygen atoms in total. The quantitative estimate of drug-likeness (QED) is 0.670. The lowest BCUT2D eigenvalue weighted by Gasteiger charge is -2.03. The van der Waals surface area contributed by atoms with Gasteiger partial charge in [0, 0.05) is 6.42 Å². The van der Waals surface area contributed by atoms with E-state index >= 15 is 0 Å². The van der Waals surface area contributed by atoms with Crippen LogP contribution in [0.2, 0.25) is 5.02 Å². The molecular formula is C7H6ClFN2O. The molecule has 0 aromatic carbocycles. The number of pyridine rings is 1. The van der Waals surface area contributed by atoms with Crippen molar-refractivity contribution in [2.75, 3.05) is 12.3 Å². The number of anilines is 1. The van der Waals surface area contributed by atoms with Crippen molar-refractivity contribution in [1.82, 2.24) is 4.98 Å². The molecule has 0 saturated carbocycles. The second kappa shape index (κ2) is 2.48. The monoisotopic (exact) mass is 188 g/mol. The molecule has 0 atom stereocenters. The first-order chi connectivity index (χ1) is 5.70. The van der Waals surface area contributed by atoms with Crippen LogP contribution in [0.1, 0.15) is 5.69 Å². The van der Waals surface area contributed by atoms with Crippen LogP contribution in [0.25, 0.3) is 0 Å². The van der Waals surface area contributed by atoms with Gasteiger partial charge in [-0.15, -0.1) is 0 Å². The van der Waals surface area contributed by atoms with Crippen LogP contribution in [-0.2, 0) is 6.42 Å². The van der Waals surface area contributed by atoms with Crippen molar-refractivity contribution in [3.63, 3.8) is 0 Å². The average molecular weight is 189 g/mol. The smallest absolute Gasteiger partial charge is 0.187 e. The lowest BCUT2D eigenvalue weighted by Crippen LogP contribution is -1.98. The molecule has 0 unspecified atom stereocenters. The predicted molar refractivity (Wildman–Crippen MR) is 42.8 cm³/mol. The number of nitrogens with two attached hydrogens (primary N) is 1. The second-order valence-corrected chi connectivity index (χ2v) is 2.88. The molecule has 0 fully saturated rings. The van der Waals surface area contributed by atoms with E-state index in [1.54, 1.807) is 0 Å². The Balaban J connectivity index is 2.67. The van der Waals surface area contributed by atoms with Crippen molar-refractivity contribution in [2.24, 2.45) is 0 Å². The summed E-state index contributed by atoms with van der Waals surface area (Å²) in [5.41, 5.74) is 5.91. The maximum atomic E-state index is 13.0. The van der Waals surface area contributed by atoms with Crippen molar-refractivity contribution in [3.8, 4) is 5.75 Å². The third kappa shape index (κ3) is 0.914. The van der Waals surface area contributed by atoms with Gasteiger partial charge in [-0.2, -0.15) is 0 Å². The topological polar surface area (TPSA) is 48.1 Å². The number of fused-ring (bicyclic) bond motifs is 1. The van der Waals surface area contributed by atoms with E-state index in [-0.39, 0.29) is 10.8 Å². The van der Waals surface area contributed by atoms with Crippen LogP contribution >= 0.6 is 11.6 Å². The summed E-state index contributed by atoms with van der Waals surface area (Å²) in [7, 11) is 0. The Kier molecular flexibility index (Phi) is 1.58. The third-order valence-electron chi connectivity index (χ3n) is 1.72.